The van der Waals surface area contributed by atoms with Crippen LogP contribution in [0.2, 0.25) is 0 Å². The first kappa shape index (κ1) is 21.1. The maximum absolute atomic E-state index is 12.9. The van der Waals surface area contributed by atoms with E-state index in [0.29, 0.717) is 12.3 Å². The lowest BCUT2D eigenvalue weighted by Gasteiger charge is -2.48. The summed E-state index contributed by atoms with van der Waals surface area (Å²) in [7, 11) is 0. The average molecular weight is 402 g/mol. The molecule has 0 bridgehead atoms. The maximum Gasteiger partial charge on any atom is 0.243 e. The van der Waals surface area contributed by atoms with Crippen molar-refractivity contribution in [3.8, 4) is 5.75 Å². The van der Waals surface area contributed by atoms with Gasteiger partial charge >= 0.3 is 0 Å². The number of amides is 3. The second-order valence-electron chi connectivity index (χ2n) is 8.09. The van der Waals surface area contributed by atoms with Crippen molar-refractivity contribution in [2.24, 2.45) is 5.92 Å². The molecule has 3 amide bonds. The first-order chi connectivity index (χ1) is 13.9. The molecule has 7 heteroatoms. The Morgan fingerprint density at radius 1 is 1.21 bits per heavy atom. The van der Waals surface area contributed by atoms with Crippen LogP contribution < -0.4 is 15.4 Å². The van der Waals surface area contributed by atoms with Gasteiger partial charge in [0.25, 0.3) is 0 Å². The summed E-state index contributed by atoms with van der Waals surface area (Å²) >= 11 is 0. The number of rotatable bonds is 6. The molecule has 2 N–H and O–H groups in total. The third-order valence-electron chi connectivity index (χ3n) is 5.63. The van der Waals surface area contributed by atoms with Gasteiger partial charge in [-0.15, -0.1) is 0 Å². The molecule has 1 saturated carbocycles. The van der Waals surface area contributed by atoms with Gasteiger partial charge in [0, 0.05) is 17.6 Å². The molecule has 1 aliphatic heterocycles. The predicted octanol–water partition coefficient (Wildman–Crippen LogP) is 2.71. The van der Waals surface area contributed by atoms with Crippen LogP contribution >= 0.6 is 0 Å². The molecule has 1 aromatic rings. The van der Waals surface area contributed by atoms with Gasteiger partial charge in [0.05, 0.1) is 19.1 Å². The maximum atomic E-state index is 12.9. The topological polar surface area (TPSA) is 87.7 Å². The summed E-state index contributed by atoms with van der Waals surface area (Å²) in [6.45, 7) is 6.16. The third kappa shape index (κ3) is 4.89. The molecule has 158 valence electrons. The Morgan fingerprint density at radius 3 is 2.55 bits per heavy atom. The van der Waals surface area contributed by atoms with Crippen LogP contribution in [0.5, 0.6) is 5.75 Å². The molecule has 3 atom stereocenters. The summed E-state index contributed by atoms with van der Waals surface area (Å²) < 4.78 is 5.40. The first-order valence-corrected chi connectivity index (χ1v) is 10.6. The van der Waals surface area contributed by atoms with Crippen molar-refractivity contribution in [3.05, 3.63) is 24.3 Å². The molecule has 7 nitrogen and oxygen atoms in total. The zero-order valence-electron chi connectivity index (χ0n) is 17.4. The van der Waals surface area contributed by atoms with Gasteiger partial charge in [0.15, 0.2) is 0 Å². The molecule has 3 rings (SSSR count). The van der Waals surface area contributed by atoms with Gasteiger partial charge in [-0.25, -0.2) is 0 Å². The van der Waals surface area contributed by atoms with Crippen LogP contribution in [0, 0.1) is 5.92 Å². The summed E-state index contributed by atoms with van der Waals surface area (Å²) in [5.41, 5.74) is 0.631. The minimum atomic E-state index is -0.771. The molecule has 0 spiro atoms. The van der Waals surface area contributed by atoms with Crippen LogP contribution in [-0.4, -0.2) is 47.4 Å². The predicted molar refractivity (Wildman–Crippen MR) is 111 cm³/mol. The summed E-state index contributed by atoms with van der Waals surface area (Å²) in [5, 5.41) is 5.88. The zero-order valence-corrected chi connectivity index (χ0v) is 17.4. The lowest BCUT2D eigenvalue weighted by molar-refractivity contribution is -0.154. The van der Waals surface area contributed by atoms with E-state index in [-0.39, 0.29) is 42.1 Å². The van der Waals surface area contributed by atoms with Crippen LogP contribution in [0.25, 0.3) is 0 Å². The van der Waals surface area contributed by atoms with Crippen LogP contribution in [0.3, 0.4) is 0 Å². The molecule has 0 radical (unpaired) electrons. The van der Waals surface area contributed by atoms with Crippen molar-refractivity contribution in [2.75, 3.05) is 11.9 Å². The van der Waals surface area contributed by atoms with E-state index in [2.05, 4.69) is 10.6 Å². The molecule has 0 aromatic heterocycles. The van der Waals surface area contributed by atoms with E-state index in [1.807, 2.05) is 20.8 Å². The fraction of sp³-hybridized carbons (Fsp3) is 0.591. The van der Waals surface area contributed by atoms with Crippen molar-refractivity contribution in [1.82, 2.24) is 10.2 Å². The standard InChI is InChI=1S/C22H31N3O4/c1-4-29-16-11-9-15(10-12-16)23-20(26)13-19-21(27)24-17-7-5-6-8-18(17)25(19)22(28)14(2)3/h9-12,14,17-19H,4-8,13H2,1-3H3,(H,23,26)(H,24,27)/t17-,18-,19+/m0/s1. The molecule has 1 aliphatic carbocycles. The minimum absolute atomic E-state index is 0.00984. The van der Waals surface area contributed by atoms with E-state index in [4.69, 9.17) is 4.74 Å². The van der Waals surface area contributed by atoms with Crippen molar-refractivity contribution in [3.63, 3.8) is 0 Å². The van der Waals surface area contributed by atoms with Crippen molar-refractivity contribution in [1.29, 1.82) is 0 Å². The van der Waals surface area contributed by atoms with E-state index < -0.39 is 6.04 Å². The highest BCUT2D eigenvalue weighted by atomic mass is 16.5. The van der Waals surface area contributed by atoms with Gasteiger partial charge in [0.1, 0.15) is 11.8 Å². The van der Waals surface area contributed by atoms with E-state index in [9.17, 15) is 14.4 Å². The van der Waals surface area contributed by atoms with E-state index in [1.165, 1.54) is 0 Å². The first-order valence-electron chi connectivity index (χ1n) is 10.6. The average Bonchev–Trinajstić information content (AvgIpc) is 2.69. The Kier molecular flexibility index (Phi) is 6.77. The number of carbonyl (C=O) groups is 3. The second-order valence-corrected chi connectivity index (χ2v) is 8.09. The Hall–Kier alpha value is -2.57. The molecule has 0 unspecified atom stereocenters. The van der Waals surface area contributed by atoms with Crippen LogP contribution in [0.1, 0.15) is 52.9 Å². The number of benzene rings is 1. The Labute approximate surface area is 172 Å². The fourth-order valence-corrected chi connectivity index (χ4v) is 4.24. The molecule has 1 heterocycles. The number of hydrogen-bond donors (Lipinski definition) is 2. The molecule has 1 aromatic carbocycles. The van der Waals surface area contributed by atoms with Crippen LogP contribution in [0.15, 0.2) is 24.3 Å². The second kappa shape index (κ2) is 9.29. The van der Waals surface area contributed by atoms with E-state index >= 15 is 0 Å². The minimum Gasteiger partial charge on any atom is -0.494 e. The normalized spacial score (nSPS) is 23.9. The number of piperazine rings is 1. The third-order valence-corrected chi connectivity index (χ3v) is 5.63. The highest BCUT2D eigenvalue weighted by molar-refractivity contribution is 5.98. The zero-order chi connectivity index (χ0) is 21.0. The van der Waals surface area contributed by atoms with Gasteiger partial charge in [-0.05, 0) is 44.0 Å². The van der Waals surface area contributed by atoms with Gasteiger partial charge in [-0.3, -0.25) is 14.4 Å². The van der Waals surface area contributed by atoms with Crippen molar-refractivity contribution in [2.45, 2.75) is 71.0 Å². The number of hydrogen-bond acceptors (Lipinski definition) is 4. The quantitative estimate of drug-likeness (QED) is 0.767. The summed E-state index contributed by atoms with van der Waals surface area (Å²) in [4.78, 5) is 40.1. The smallest absolute Gasteiger partial charge is 0.243 e. The van der Waals surface area contributed by atoms with Gasteiger partial charge in [0.2, 0.25) is 17.7 Å². The van der Waals surface area contributed by atoms with E-state index in [1.54, 1.807) is 29.2 Å². The fourth-order valence-electron chi connectivity index (χ4n) is 4.24. The number of nitrogens with zero attached hydrogens (tertiary/aromatic N) is 1. The van der Waals surface area contributed by atoms with Crippen LogP contribution in [0.4, 0.5) is 5.69 Å². The van der Waals surface area contributed by atoms with Gasteiger partial charge in [-0.1, -0.05) is 26.7 Å². The van der Waals surface area contributed by atoms with Gasteiger partial charge in [-0.2, -0.15) is 0 Å². The Balaban J connectivity index is 1.72. The Bertz CT molecular complexity index is 747. The van der Waals surface area contributed by atoms with Crippen molar-refractivity contribution >= 4 is 23.4 Å². The lowest BCUT2D eigenvalue weighted by atomic mass is 9.84. The Morgan fingerprint density at radius 2 is 1.90 bits per heavy atom. The highest BCUT2D eigenvalue weighted by Crippen LogP contribution is 2.31. The summed E-state index contributed by atoms with van der Waals surface area (Å²) in [6.07, 6.45) is 3.77. The highest BCUT2D eigenvalue weighted by Gasteiger charge is 2.46. The number of anilines is 1. The molecule has 29 heavy (non-hydrogen) atoms. The molecule has 2 aliphatic rings. The number of fused-ring (bicyclic) bond motifs is 1. The molecule has 1 saturated heterocycles. The van der Waals surface area contributed by atoms with Crippen molar-refractivity contribution < 1.29 is 19.1 Å². The molecular weight excluding hydrogens is 370 g/mol. The SMILES string of the molecule is CCOc1ccc(NC(=O)C[C@@H]2C(=O)N[C@H]3CCCC[C@@H]3N2C(=O)C(C)C)cc1. The number of carbonyl (C=O) groups excluding carboxylic acids is 3. The summed E-state index contributed by atoms with van der Waals surface area (Å²) in [6, 6.07) is 6.29. The monoisotopic (exact) mass is 401 g/mol. The van der Waals surface area contributed by atoms with Crippen LogP contribution in [-0.2, 0) is 14.4 Å². The largest absolute Gasteiger partial charge is 0.494 e. The molecule has 2 fully saturated rings. The lowest BCUT2D eigenvalue weighted by Crippen LogP contribution is -2.68. The van der Waals surface area contributed by atoms with Gasteiger partial charge < -0.3 is 20.3 Å². The van der Waals surface area contributed by atoms with E-state index in [0.717, 1.165) is 31.4 Å². The number of ether oxygens (including phenoxy) is 1. The summed E-state index contributed by atoms with van der Waals surface area (Å²) in [5.74, 6) is -0.0703. The number of nitrogens with one attached hydrogen (secondary N) is 2. The molecular formula is C22H31N3O4.